The Kier molecular flexibility index (Phi) is 2.78. The average Bonchev–Trinajstić information content (AvgIpc) is 3.05. The normalized spacial score (nSPS) is 14.9. The third-order valence-corrected chi connectivity index (χ3v) is 3.33. The van der Waals surface area contributed by atoms with Gasteiger partial charge in [0.2, 0.25) is 5.89 Å². The molecule has 0 bridgehead atoms. The summed E-state index contributed by atoms with van der Waals surface area (Å²) in [6, 6.07) is 1.52. The molecular formula is C10H12N6OS. The lowest BCUT2D eigenvalue weighted by Gasteiger charge is -2.00. The van der Waals surface area contributed by atoms with Gasteiger partial charge in [-0.1, -0.05) is 16.9 Å². The van der Waals surface area contributed by atoms with Gasteiger partial charge >= 0.3 is 0 Å². The van der Waals surface area contributed by atoms with Crippen molar-refractivity contribution in [2.45, 2.75) is 29.7 Å². The Morgan fingerprint density at radius 3 is 2.61 bits per heavy atom. The van der Waals surface area contributed by atoms with Crippen molar-refractivity contribution >= 4 is 23.4 Å². The highest BCUT2D eigenvalue weighted by molar-refractivity contribution is 7.98. The van der Waals surface area contributed by atoms with Crippen LogP contribution in [0.1, 0.15) is 30.5 Å². The second kappa shape index (κ2) is 4.45. The highest BCUT2D eigenvalue weighted by Gasteiger charge is 2.29. The van der Waals surface area contributed by atoms with Gasteiger partial charge < -0.3 is 16.0 Å². The minimum atomic E-state index is 0.358. The predicted octanol–water partition coefficient (Wildman–Crippen LogP) is 1.19. The van der Waals surface area contributed by atoms with Crippen LogP contribution in [0.4, 0.5) is 11.6 Å². The molecule has 94 valence electrons. The summed E-state index contributed by atoms with van der Waals surface area (Å²) in [6.07, 6.45) is 2.28. The van der Waals surface area contributed by atoms with Gasteiger partial charge in [-0.15, -0.1) is 0 Å². The Labute approximate surface area is 107 Å². The van der Waals surface area contributed by atoms with Crippen LogP contribution in [-0.2, 0) is 5.75 Å². The van der Waals surface area contributed by atoms with Gasteiger partial charge in [-0.25, -0.2) is 9.97 Å². The van der Waals surface area contributed by atoms with Crippen molar-refractivity contribution in [2.75, 3.05) is 11.5 Å². The van der Waals surface area contributed by atoms with Crippen molar-refractivity contribution in [3.63, 3.8) is 0 Å². The Bertz CT molecular complexity index is 547. The van der Waals surface area contributed by atoms with Gasteiger partial charge in [0.05, 0.1) is 5.75 Å². The van der Waals surface area contributed by atoms with E-state index in [2.05, 4.69) is 20.1 Å². The van der Waals surface area contributed by atoms with E-state index < -0.39 is 0 Å². The second-order valence-corrected chi connectivity index (χ2v) is 5.05. The number of hydrogen-bond donors (Lipinski definition) is 2. The van der Waals surface area contributed by atoms with E-state index in [0.29, 0.717) is 34.3 Å². The lowest BCUT2D eigenvalue weighted by atomic mass is 10.4. The second-order valence-electron chi connectivity index (χ2n) is 4.11. The molecule has 4 N–H and O–H groups in total. The molecule has 7 nitrogen and oxygen atoms in total. The summed E-state index contributed by atoms with van der Waals surface area (Å²) >= 11 is 1.38. The first-order valence-electron chi connectivity index (χ1n) is 5.56. The molecule has 0 unspecified atom stereocenters. The van der Waals surface area contributed by atoms with Crippen LogP contribution < -0.4 is 11.5 Å². The third-order valence-electron chi connectivity index (χ3n) is 2.49. The monoisotopic (exact) mass is 264 g/mol. The lowest BCUT2D eigenvalue weighted by Crippen LogP contribution is -1.99. The zero-order valence-electron chi connectivity index (χ0n) is 9.54. The van der Waals surface area contributed by atoms with Crippen molar-refractivity contribution in [2.24, 2.45) is 0 Å². The number of anilines is 2. The minimum Gasteiger partial charge on any atom is -0.383 e. The maximum atomic E-state index is 5.59. The lowest BCUT2D eigenvalue weighted by molar-refractivity contribution is 0.375. The van der Waals surface area contributed by atoms with E-state index in [0.717, 1.165) is 18.7 Å². The van der Waals surface area contributed by atoms with E-state index in [9.17, 15) is 0 Å². The van der Waals surface area contributed by atoms with Crippen LogP contribution in [0.5, 0.6) is 0 Å². The van der Waals surface area contributed by atoms with Crippen LogP contribution in [0.3, 0.4) is 0 Å². The molecule has 0 aromatic carbocycles. The molecule has 3 rings (SSSR count). The zero-order chi connectivity index (χ0) is 12.5. The Hall–Kier alpha value is -1.83. The van der Waals surface area contributed by atoms with Gasteiger partial charge in [-0.2, -0.15) is 4.98 Å². The van der Waals surface area contributed by atoms with E-state index in [1.54, 1.807) is 0 Å². The fourth-order valence-corrected chi connectivity index (χ4v) is 2.19. The molecule has 18 heavy (non-hydrogen) atoms. The van der Waals surface area contributed by atoms with Gasteiger partial charge in [0.15, 0.2) is 11.0 Å². The minimum absolute atomic E-state index is 0.358. The van der Waals surface area contributed by atoms with Crippen LogP contribution in [0, 0.1) is 0 Å². The number of nitrogens with zero attached hydrogens (tertiary/aromatic N) is 4. The zero-order valence-corrected chi connectivity index (χ0v) is 10.4. The van der Waals surface area contributed by atoms with Gasteiger partial charge in [-0.3, -0.25) is 0 Å². The number of aromatic nitrogens is 4. The molecule has 0 saturated heterocycles. The van der Waals surface area contributed by atoms with Crippen LogP contribution in [-0.4, -0.2) is 20.1 Å². The summed E-state index contributed by atoms with van der Waals surface area (Å²) in [5.41, 5.74) is 11.2. The van der Waals surface area contributed by atoms with Crippen molar-refractivity contribution in [3.8, 4) is 0 Å². The molecule has 1 aliphatic carbocycles. The first kappa shape index (κ1) is 11.3. The molecule has 0 spiro atoms. The van der Waals surface area contributed by atoms with E-state index in [-0.39, 0.29) is 0 Å². The molecule has 2 aromatic heterocycles. The quantitative estimate of drug-likeness (QED) is 0.624. The molecule has 1 saturated carbocycles. The van der Waals surface area contributed by atoms with Gasteiger partial charge in [0, 0.05) is 12.0 Å². The van der Waals surface area contributed by atoms with E-state index in [1.165, 1.54) is 17.8 Å². The highest BCUT2D eigenvalue weighted by atomic mass is 32.2. The van der Waals surface area contributed by atoms with Crippen LogP contribution in [0.25, 0.3) is 0 Å². The summed E-state index contributed by atoms with van der Waals surface area (Å²) in [5, 5.41) is 4.43. The molecule has 0 radical (unpaired) electrons. The van der Waals surface area contributed by atoms with Crippen LogP contribution in [0.15, 0.2) is 15.7 Å². The van der Waals surface area contributed by atoms with Crippen molar-refractivity contribution in [1.29, 1.82) is 0 Å². The summed E-state index contributed by atoms with van der Waals surface area (Å²) in [4.78, 5) is 12.4. The molecule has 1 fully saturated rings. The molecule has 0 amide bonds. The Balaban J connectivity index is 1.65. The fourth-order valence-electron chi connectivity index (χ4n) is 1.48. The van der Waals surface area contributed by atoms with Gasteiger partial charge in [-0.05, 0) is 12.8 Å². The number of nitrogen functional groups attached to an aromatic ring is 2. The summed E-state index contributed by atoms with van der Waals surface area (Å²) in [5.74, 6) is 3.10. The smallest absolute Gasteiger partial charge is 0.229 e. The van der Waals surface area contributed by atoms with Gasteiger partial charge in [0.25, 0.3) is 0 Å². The van der Waals surface area contributed by atoms with E-state index >= 15 is 0 Å². The topological polar surface area (TPSA) is 117 Å². The maximum absolute atomic E-state index is 5.59. The van der Waals surface area contributed by atoms with Crippen molar-refractivity contribution in [3.05, 3.63) is 17.8 Å². The van der Waals surface area contributed by atoms with Crippen molar-refractivity contribution in [1.82, 2.24) is 20.1 Å². The molecule has 2 aromatic rings. The molecule has 1 aliphatic rings. The predicted molar refractivity (Wildman–Crippen MR) is 66.7 cm³/mol. The summed E-state index contributed by atoms with van der Waals surface area (Å²) < 4.78 is 5.16. The van der Waals surface area contributed by atoms with Crippen LogP contribution >= 0.6 is 11.8 Å². The summed E-state index contributed by atoms with van der Waals surface area (Å²) in [7, 11) is 0. The van der Waals surface area contributed by atoms with E-state index in [1.807, 2.05) is 0 Å². The first-order chi connectivity index (χ1) is 8.70. The molecule has 0 atom stereocenters. The number of rotatable bonds is 4. The average molecular weight is 264 g/mol. The SMILES string of the molecule is Nc1cc(N)nc(SCc2noc(C3CC3)n2)n1. The Morgan fingerprint density at radius 2 is 1.94 bits per heavy atom. The summed E-state index contributed by atoms with van der Waals surface area (Å²) in [6.45, 7) is 0. The molecule has 2 heterocycles. The molecular weight excluding hydrogens is 252 g/mol. The van der Waals surface area contributed by atoms with Crippen molar-refractivity contribution < 1.29 is 4.52 Å². The van der Waals surface area contributed by atoms with E-state index in [4.69, 9.17) is 16.0 Å². The first-order valence-corrected chi connectivity index (χ1v) is 6.54. The maximum Gasteiger partial charge on any atom is 0.229 e. The standard InChI is InChI=1S/C10H12N6OS/c11-6-3-7(12)14-10(13-6)18-4-8-15-9(17-16-8)5-1-2-5/h3,5H,1-2,4H2,(H4,11,12,13,14). The molecule has 8 heteroatoms. The number of hydrogen-bond acceptors (Lipinski definition) is 8. The number of thioether (sulfide) groups is 1. The van der Waals surface area contributed by atoms with Crippen LogP contribution in [0.2, 0.25) is 0 Å². The number of nitrogens with two attached hydrogens (primary N) is 2. The Morgan fingerprint density at radius 1 is 1.22 bits per heavy atom. The largest absolute Gasteiger partial charge is 0.383 e. The molecule has 0 aliphatic heterocycles. The third kappa shape index (κ3) is 2.53. The fraction of sp³-hybridized carbons (Fsp3) is 0.400. The highest BCUT2D eigenvalue weighted by Crippen LogP contribution is 2.39. The van der Waals surface area contributed by atoms with Gasteiger partial charge in [0.1, 0.15) is 11.6 Å².